The Morgan fingerprint density at radius 2 is 2.09 bits per heavy atom. The highest BCUT2D eigenvalue weighted by Gasteiger charge is 2.24. The molecule has 22 heavy (non-hydrogen) atoms. The van der Waals surface area contributed by atoms with Gasteiger partial charge in [-0.15, -0.1) is 12.4 Å². The number of nitrogens with zero attached hydrogens (tertiary/aromatic N) is 1. The second kappa shape index (κ2) is 9.08. The second-order valence-electron chi connectivity index (χ2n) is 5.47. The quantitative estimate of drug-likeness (QED) is 0.844. The molecule has 1 aliphatic rings. The van der Waals surface area contributed by atoms with Gasteiger partial charge in [0.1, 0.15) is 5.82 Å². The third kappa shape index (κ3) is 4.93. The highest BCUT2D eigenvalue weighted by Crippen LogP contribution is 2.18. The zero-order chi connectivity index (χ0) is 15.2. The van der Waals surface area contributed by atoms with E-state index >= 15 is 0 Å². The molecule has 0 radical (unpaired) electrons. The van der Waals surface area contributed by atoms with Crippen molar-refractivity contribution in [2.75, 3.05) is 26.2 Å². The number of piperidine rings is 1. The lowest BCUT2D eigenvalue weighted by atomic mass is 10.1. The van der Waals surface area contributed by atoms with Crippen molar-refractivity contribution in [3.05, 3.63) is 35.1 Å². The zero-order valence-corrected chi connectivity index (χ0v) is 13.7. The Bertz CT molecular complexity index is 491. The number of amides is 1. The summed E-state index contributed by atoms with van der Waals surface area (Å²) < 4.78 is 19.0. The van der Waals surface area contributed by atoms with E-state index in [0.717, 1.165) is 19.3 Å². The fourth-order valence-corrected chi connectivity index (χ4v) is 2.52. The predicted octanol–water partition coefficient (Wildman–Crippen LogP) is 2.53. The van der Waals surface area contributed by atoms with Gasteiger partial charge in [-0.05, 0) is 56.5 Å². The summed E-state index contributed by atoms with van der Waals surface area (Å²) in [4.78, 5) is 14.2. The Morgan fingerprint density at radius 1 is 1.41 bits per heavy atom. The SMILES string of the molecule is Cc1cc(C(=O)N2CCC(OCCCN)CC2)ccc1F.Cl. The number of rotatable bonds is 5. The molecule has 2 N–H and O–H groups in total. The molecule has 2 rings (SSSR count). The van der Waals surface area contributed by atoms with Gasteiger partial charge in [0.25, 0.3) is 5.91 Å². The summed E-state index contributed by atoms with van der Waals surface area (Å²) in [6.07, 6.45) is 2.77. The first-order chi connectivity index (χ1) is 10.1. The molecule has 0 aliphatic carbocycles. The molecule has 1 saturated heterocycles. The lowest BCUT2D eigenvalue weighted by molar-refractivity contribution is 0.00844. The van der Waals surface area contributed by atoms with Gasteiger partial charge < -0.3 is 15.4 Å². The lowest BCUT2D eigenvalue weighted by Crippen LogP contribution is -2.41. The van der Waals surface area contributed by atoms with Crippen molar-refractivity contribution in [3.63, 3.8) is 0 Å². The van der Waals surface area contributed by atoms with Crippen molar-refractivity contribution < 1.29 is 13.9 Å². The summed E-state index contributed by atoms with van der Waals surface area (Å²) in [5, 5.41) is 0. The molecule has 0 saturated carbocycles. The van der Waals surface area contributed by atoms with Crippen molar-refractivity contribution in [2.24, 2.45) is 5.73 Å². The van der Waals surface area contributed by atoms with Crippen LogP contribution in [0.5, 0.6) is 0 Å². The van der Waals surface area contributed by atoms with Gasteiger partial charge in [0.15, 0.2) is 0 Å². The minimum Gasteiger partial charge on any atom is -0.378 e. The van der Waals surface area contributed by atoms with Gasteiger partial charge in [0.2, 0.25) is 0 Å². The highest BCUT2D eigenvalue weighted by atomic mass is 35.5. The first kappa shape index (κ1) is 18.9. The normalized spacial score (nSPS) is 15.5. The highest BCUT2D eigenvalue weighted by molar-refractivity contribution is 5.94. The monoisotopic (exact) mass is 330 g/mol. The van der Waals surface area contributed by atoms with Crippen LogP contribution in [0.1, 0.15) is 35.2 Å². The van der Waals surface area contributed by atoms with E-state index in [0.29, 0.717) is 37.4 Å². The van der Waals surface area contributed by atoms with Crippen molar-refractivity contribution in [3.8, 4) is 0 Å². The minimum absolute atomic E-state index is 0. The van der Waals surface area contributed by atoms with E-state index in [1.54, 1.807) is 19.1 Å². The zero-order valence-electron chi connectivity index (χ0n) is 12.9. The van der Waals surface area contributed by atoms with Gasteiger partial charge in [0, 0.05) is 25.3 Å². The minimum atomic E-state index is -0.279. The van der Waals surface area contributed by atoms with Crippen LogP contribution < -0.4 is 5.73 Å². The number of hydrogen-bond acceptors (Lipinski definition) is 3. The number of halogens is 2. The number of likely N-dealkylation sites (tertiary alicyclic amines) is 1. The number of aryl methyl sites for hydroxylation is 1. The Morgan fingerprint density at radius 3 is 2.68 bits per heavy atom. The van der Waals surface area contributed by atoms with E-state index in [1.807, 2.05) is 4.90 Å². The molecular weight excluding hydrogens is 307 g/mol. The summed E-state index contributed by atoms with van der Waals surface area (Å²) in [6.45, 7) is 4.36. The third-order valence-electron chi connectivity index (χ3n) is 3.84. The average Bonchev–Trinajstić information content (AvgIpc) is 2.50. The third-order valence-corrected chi connectivity index (χ3v) is 3.84. The standard InChI is InChI=1S/C16H23FN2O2.ClH/c1-12-11-13(3-4-15(12)17)16(20)19-8-5-14(6-9-19)21-10-2-7-18;/h3-4,11,14H,2,5-10,18H2,1H3;1H. The topological polar surface area (TPSA) is 55.6 Å². The maximum atomic E-state index is 13.3. The fourth-order valence-electron chi connectivity index (χ4n) is 2.52. The molecule has 1 aliphatic heterocycles. The van der Waals surface area contributed by atoms with Crippen LogP contribution in [0.4, 0.5) is 4.39 Å². The number of ether oxygens (including phenoxy) is 1. The van der Waals surface area contributed by atoms with E-state index in [9.17, 15) is 9.18 Å². The van der Waals surface area contributed by atoms with Gasteiger partial charge in [-0.3, -0.25) is 4.79 Å². The largest absolute Gasteiger partial charge is 0.378 e. The fraction of sp³-hybridized carbons (Fsp3) is 0.562. The van der Waals surface area contributed by atoms with E-state index in [4.69, 9.17) is 10.5 Å². The lowest BCUT2D eigenvalue weighted by Gasteiger charge is -2.32. The Hall–Kier alpha value is -1.17. The van der Waals surface area contributed by atoms with Gasteiger partial charge in [0.05, 0.1) is 6.10 Å². The molecule has 0 bridgehead atoms. The Balaban J connectivity index is 0.00000242. The van der Waals surface area contributed by atoms with Crippen molar-refractivity contribution >= 4 is 18.3 Å². The molecular formula is C16H24ClFN2O2. The van der Waals surface area contributed by atoms with Crippen LogP contribution in [0.25, 0.3) is 0 Å². The maximum Gasteiger partial charge on any atom is 0.253 e. The van der Waals surface area contributed by atoms with Gasteiger partial charge in [-0.2, -0.15) is 0 Å². The summed E-state index contributed by atoms with van der Waals surface area (Å²) in [5.74, 6) is -0.308. The Labute approximate surface area is 137 Å². The molecule has 1 amide bonds. The molecule has 6 heteroatoms. The number of benzene rings is 1. The van der Waals surface area contributed by atoms with E-state index in [-0.39, 0.29) is 30.2 Å². The molecule has 1 fully saturated rings. The van der Waals surface area contributed by atoms with Crippen LogP contribution in [0.2, 0.25) is 0 Å². The van der Waals surface area contributed by atoms with Crippen LogP contribution in [-0.4, -0.2) is 43.2 Å². The first-order valence-electron chi connectivity index (χ1n) is 7.49. The predicted molar refractivity (Wildman–Crippen MR) is 86.9 cm³/mol. The summed E-state index contributed by atoms with van der Waals surface area (Å²) in [6, 6.07) is 4.52. The number of nitrogens with two attached hydrogens (primary N) is 1. The number of carbonyl (C=O) groups excluding carboxylic acids is 1. The van der Waals surface area contributed by atoms with Crippen LogP contribution in [0.15, 0.2) is 18.2 Å². The van der Waals surface area contributed by atoms with Crippen molar-refractivity contribution in [1.29, 1.82) is 0 Å². The first-order valence-corrected chi connectivity index (χ1v) is 7.49. The maximum absolute atomic E-state index is 13.3. The average molecular weight is 331 g/mol. The summed E-state index contributed by atoms with van der Waals surface area (Å²) in [5.41, 5.74) is 6.49. The van der Waals surface area contributed by atoms with Crippen molar-refractivity contribution in [1.82, 2.24) is 4.90 Å². The Kier molecular flexibility index (Phi) is 7.79. The van der Waals surface area contributed by atoms with Crippen LogP contribution in [0.3, 0.4) is 0 Å². The molecule has 1 aromatic carbocycles. The number of hydrogen-bond donors (Lipinski definition) is 1. The van der Waals surface area contributed by atoms with E-state index in [1.165, 1.54) is 6.07 Å². The molecule has 0 aromatic heterocycles. The summed E-state index contributed by atoms with van der Waals surface area (Å²) in [7, 11) is 0. The molecule has 1 aromatic rings. The second-order valence-corrected chi connectivity index (χ2v) is 5.47. The van der Waals surface area contributed by atoms with Crippen molar-refractivity contribution in [2.45, 2.75) is 32.3 Å². The van der Waals surface area contributed by atoms with Crippen LogP contribution >= 0.6 is 12.4 Å². The van der Waals surface area contributed by atoms with E-state index in [2.05, 4.69) is 0 Å². The number of carbonyl (C=O) groups is 1. The van der Waals surface area contributed by atoms with Gasteiger partial charge in [-0.1, -0.05) is 0 Å². The summed E-state index contributed by atoms with van der Waals surface area (Å²) >= 11 is 0. The van der Waals surface area contributed by atoms with Crippen LogP contribution in [0, 0.1) is 12.7 Å². The molecule has 0 unspecified atom stereocenters. The van der Waals surface area contributed by atoms with Gasteiger partial charge >= 0.3 is 0 Å². The molecule has 124 valence electrons. The molecule has 1 heterocycles. The smallest absolute Gasteiger partial charge is 0.253 e. The molecule has 4 nitrogen and oxygen atoms in total. The van der Waals surface area contributed by atoms with Crippen LogP contribution in [-0.2, 0) is 4.74 Å². The molecule has 0 spiro atoms. The molecule has 0 atom stereocenters. The van der Waals surface area contributed by atoms with E-state index < -0.39 is 0 Å². The van der Waals surface area contributed by atoms with Gasteiger partial charge in [-0.25, -0.2) is 4.39 Å².